The van der Waals surface area contributed by atoms with Gasteiger partial charge >= 0.3 is 0 Å². The summed E-state index contributed by atoms with van der Waals surface area (Å²) in [6.07, 6.45) is 0. The molecule has 0 aliphatic rings. The summed E-state index contributed by atoms with van der Waals surface area (Å²) in [6, 6.07) is 33.9. The molecule has 0 nitrogen and oxygen atoms in total. The molecule has 0 unspecified atom stereocenters. The van der Waals surface area contributed by atoms with Gasteiger partial charge in [0.25, 0.3) is 0 Å². The molecule has 0 aliphatic carbocycles. The van der Waals surface area contributed by atoms with Gasteiger partial charge < -0.3 is 0 Å². The van der Waals surface area contributed by atoms with E-state index >= 15 is 0 Å². The van der Waals surface area contributed by atoms with Crippen molar-refractivity contribution in [3.63, 3.8) is 0 Å². The van der Waals surface area contributed by atoms with Gasteiger partial charge in [0.1, 0.15) is 0 Å². The fraction of sp³-hybridized carbons (Fsp3) is 0.0833. The summed E-state index contributed by atoms with van der Waals surface area (Å²) in [4.78, 5) is 0. The number of rotatable bonds is 0. The maximum absolute atomic E-state index is 2.24. The Hall–Kier alpha value is -1.77. The Bertz CT molecular complexity index is 975. The van der Waals surface area contributed by atoms with E-state index in [1.165, 1.54) is 32.3 Å². The Balaban J connectivity index is 0.000000165. The summed E-state index contributed by atoms with van der Waals surface area (Å²) < 4.78 is 0. The van der Waals surface area contributed by atoms with Crippen molar-refractivity contribution in [3.8, 4) is 0 Å². The zero-order chi connectivity index (χ0) is 17.5. The van der Waals surface area contributed by atoms with Gasteiger partial charge in [0.2, 0.25) is 0 Å². The van der Waals surface area contributed by atoms with Crippen molar-refractivity contribution in [1.82, 2.24) is 0 Å². The first kappa shape index (κ1) is 20.5. The summed E-state index contributed by atoms with van der Waals surface area (Å²) in [7, 11) is 1.08. The van der Waals surface area contributed by atoms with Crippen LogP contribution < -0.4 is 0 Å². The van der Waals surface area contributed by atoms with Gasteiger partial charge in [-0.1, -0.05) is 55.6 Å². The Morgan fingerprint density at radius 2 is 1.08 bits per heavy atom. The summed E-state index contributed by atoms with van der Waals surface area (Å²) in [5.74, 6) is 0. The van der Waals surface area contributed by atoms with Gasteiger partial charge in [-0.05, 0) is 0 Å². The molecule has 0 bridgehead atoms. The van der Waals surface area contributed by atoms with Gasteiger partial charge in [-0.25, -0.2) is 0 Å². The molecule has 0 amide bonds. The van der Waals surface area contributed by atoms with Crippen molar-refractivity contribution in [2.24, 2.45) is 0 Å². The van der Waals surface area contributed by atoms with Gasteiger partial charge in [0.05, 0.1) is 0 Å². The molecule has 5 rings (SSSR count). The molecular weight excluding hydrogens is 495 g/mol. The maximum atomic E-state index is 2.24. The van der Waals surface area contributed by atoms with Crippen LogP contribution in [0.25, 0.3) is 32.3 Å². The van der Waals surface area contributed by atoms with E-state index in [4.69, 9.17) is 0 Å². The second kappa shape index (κ2) is 10.4. The fourth-order valence-corrected chi connectivity index (χ4v) is 2.97. The first-order valence-electron chi connectivity index (χ1n) is 8.55. The average Bonchev–Trinajstić information content (AvgIpc) is 3.27. The van der Waals surface area contributed by atoms with E-state index in [-0.39, 0.29) is 25.8 Å². The van der Waals surface area contributed by atoms with Crippen LogP contribution in [0.5, 0.6) is 0 Å². The van der Waals surface area contributed by atoms with Crippen LogP contribution in [0.15, 0.2) is 97.1 Å². The molecule has 0 saturated carbocycles. The van der Waals surface area contributed by atoms with Crippen LogP contribution in [0, 0.1) is 0 Å². The molecule has 2 heteroatoms. The molecule has 5 aromatic rings. The molecule has 0 fully saturated rings. The van der Waals surface area contributed by atoms with Crippen LogP contribution in [0.3, 0.4) is 0 Å². The van der Waals surface area contributed by atoms with Gasteiger partial charge in [-0.15, -0.1) is 69.4 Å². The van der Waals surface area contributed by atoms with E-state index in [0.717, 1.165) is 9.52 Å². The van der Waals surface area contributed by atoms with E-state index in [1.54, 1.807) is 0 Å². The van der Waals surface area contributed by atoms with Crippen LogP contribution in [-0.2, 0) is 25.8 Å². The third kappa shape index (κ3) is 4.90. The molecule has 5 aromatic carbocycles. The van der Waals surface area contributed by atoms with Crippen molar-refractivity contribution in [1.29, 1.82) is 0 Å². The quantitative estimate of drug-likeness (QED) is 0.153. The van der Waals surface area contributed by atoms with Crippen molar-refractivity contribution in [3.05, 3.63) is 97.1 Å². The number of hydrogen-bond acceptors (Lipinski definition) is 0. The zero-order valence-corrected chi connectivity index (χ0v) is 19.8. The largest absolute Gasteiger partial charge is 0.168 e. The van der Waals surface area contributed by atoms with Gasteiger partial charge in [-0.2, -0.15) is 17.5 Å². The molecule has 0 N–H and O–H groups in total. The van der Waals surface area contributed by atoms with Crippen LogP contribution in [-0.4, -0.2) is 9.52 Å². The standard InChI is InChI=1S/C13H9.C9H7.C2H6Si.Hf/c1-3-7-12-10(5-1)9-11-6-2-4-8-13(11)12;1-2-5-9-7-3-6-8(9)4-1;1-3-2;/h1-9H;1-7H;1-2H3;/q2*-1;;. The average molecular weight is 517 g/mol. The van der Waals surface area contributed by atoms with E-state index in [0.29, 0.717) is 0 Å². The van der Waals surface area contributed by atoms with E-state index in [2.05, 4.69) is 110 Å². The predicted molar refractivity (Wildman–Crippen MR) is 114 cm³/mol. The van der Waals surface area contributed by atoms with Crippen molar-refractivity contribution >= 4 is 41.8 Å². The molecule has 0 spiro atoms. The van der Waals surface area contributed by atoms with Crippen molar-refractivity contribution in [2.75, 3.05) is 0 Å². The molecule has 0 aliphatic heterocycles. The van der Waals surface area contributed by atoms with Crippen molar-refractivity contribution in [2.45, 2.75) is 13.1 Å². The molecule has 0 aromatic heterocycles. The smallest absolute Gasteiger partial charge is 0.0307 e. The molecule has 0 heterocycles. The normalized spacial score (nSPS) is 9.77. The predicted octanol–water partition coefficient (Wildman–Crippen LogP) is 7.05. The SMILES string of the molecule is C[Si]C.[Hf].c1ccc2[cH-]ccc2c1.c1ccc2c(c1)[cH-]c1ccccc12. The molecule has 0 atom stereocenters. The van der Waals surface area contributed by atoms with Crippen LogP contribution >= 0.6 is 0 Å². The van der Waals surface area contributed by atoms with Crippen LogP contribution in [0.1, 0.15) is 0 Å². The number of fused-ring (bicyclic) bond motifs is 4. The number of hydrogen-bond donors (Lipinski definition) is 0. The van der Waals surface area contributed by atoms with E-state index in [1.807, 2.05) is 0 Å². The second-order valence-corrected chi connectivity index (χ2v) is 6.97. The fourth-order valence-electron chi connectivity index (χ4n) is 2.97. The topological polar surface area (TPSA) is 0 Å². The molecule has 26 heavy (non-hydrogen) atoms. The number of benzene rings is 3. The monoisotopic (exact) mass is 518 g/mol. The van der Waals surface area contributed by atoms with Gasteiger partial charge in [0.15, 0.2) is 0 Å². The zero-order valence-electron chi connectivity index (χ0n) is 15.2. The summed E-state index contributed by atoms with van der Waals surface area (Å²) in [5, 5.41) is 8.05. The first-order valence-corrected chi connectivity index (χ1v) is 10.6. The third-order valence-electron chi connectivity index (χ3n) is 4.07. The van der Waals surface area contributed by atoms with Crippen LogP contribution in [0.4, 0.5) is 0 Å². The van der Waals surface area contributed by atoms with Crippen molar-refractivity contribution < 1.29 is 25.8 Å². The maximum Gasteiger partial charge on any atom is 0.0307 e. The Labute approximate surface area is 177 Å². The minimum Gasteiger partial charge on any atom is -0.168 e. The summed E-state index contributed by atoms with van der Waals surface area (Å²) >= 11 is 0. The third-order valence-corrected chi connectivity index (χ3v) is 4.07. The van der Waals surface area contributed by atoms with Gasteiger partial charge in [-0.3, -0.25) is 0 Å². The summed E-state index contributed by atoms with van der Waals surface area (Å²) in [6.45, 7) is 4.31. The molecular formula is C24H22HfSi-2. The second-order valence-electron chi connectivity index (χ2n) is 5.97. The Kier molecular flexibility index (Phi) is 8.21. The molecule has 128 valence electrons. The van der Waals surface area contributed by atoms with E-state index in [9.17, 15) is 0 Å². The minimum absolute atomic E-state index is 0. The van der Waals surface area contributed by atoms with E-state index < -0.39 is 0 Å². The minimum atomic E-state index is 0. The Morgan fingerprint density at radius 1 is 0.615 bits per heavy atom. The Morgan fingerprint density at radius 3 is 1.62 bits per heavy atom. The molecule has 0 saturated heterocycles. The molecule has 2 radical (unpaired) electrons. The van der Waals surface area contributed by atoms with Gasteiger partial charge in [0, 0.05) is 35.4 Å². The summed E-state index contributed by atoms with van der Waals surface area (Å²) in [5.41, 5.74) is 0. The van der Waals surface area contributed by atoms with Crippen LogP contribution in [0.2, 0.25) is 13.1 Å². The first-order chi connectivity index (χ1) is 12.3.